The molecular weight excluding hydrogens is 410 g/mol. The maximum atomic E-state index is 12.5. The monoisotopic (exact) mass is 437 g/mol. The van der Waals surface area contributed by atoms with Gasteiger partial charge in [0.2, 0.25) is 5.91 Å². The van der Waals surface area contributed by atoms with E-state index >= 15 is 0 Å². The van der Waals surface area contributed by atoms with Crippen molar-refractivity contribution < 1.29 is 4.79 Å². The summed E-state index contributed by atoms with van der Waals surface area (Å²) < 4.78 is 1.33. The lowest BCUT2D eigenvalue weighted by Crippen LogP contribution is -2.33. The SMILES string of the molecule is Cc1ccc(-c2cc(=O)n(CC(=O)NCCC(c3ccccc3)c3ccccc3)cn2)cc1. The first kappa shape index (κ1) is 22.2. The fourth-order valence-corrected chi connectivity index (χ4v) is 3.89. The van der Waals surface area contributed by atoms with Crippen molar-refractivity contribution in [3.05, 3.63) is 124 Å². The molecule has 1 amide bonds. The fraction of sp³-hybridized carbons (Fsp3) is 0.179. The largest absolute Gasteiger partial charge is 0.355 e. The summed E-state index contributed by atoms with van der Waals surface area (Å²) in [6.45, 7) is 2.47. The van der Waals surface area contributed by atoms with E-state index in [1.807, 2.05) is 67.6 Å². The highest BCUT2D eigenvalue weighted by atomic mass is 16.2. The number of rotatable bonds is 8. The minimum atomic E-state index is -0.248. The molecule has 0 bridgehead atoms. The minimum Gasteiger partial charge on any atom is -0.355 e. The number of aryl methyl sites for hydroxylation is 1. The van der Waals surface area contributed by atoms with Gasteiger partial charge in [-0.05, 0) is 24.5 Å². The summed E-state index contributed by atoms with van der Waals surface area (Å²) in [7, 11) is 0. The highest BCUT2D eigenvalue weighted by molar-refractivity contribution is 5.75. The van der Waals surface area contributed by atoms with E-state index in [1.165, 1.54) is 28.1 Å². The molecule has 5 nitrogen and oxygen atoms in total. The van der Waals surface area contributed by atoms with E-state index in [1.54, 1.807) is 0 Å². The van der Waals surface area contributed by atoms with Crippen molar-refractivity contribution in [2.75, 3.05) is 6.54 Å². The molecule has 4 rings (SSSR count). The van der Waals surface area contributed by atoms with Gasteiger partial charge in [-0.15, -0.1) is 0 Å². The Bertz CT molecular complexity index is 1210. The van der Waals surface area contributed by atoms with Crippen LogP contribution in [0.3, 0.4) is 0 Å². The lowest BCUT2D eigenvalue weighted by molar-refractivity contribution is -0.121. The van der Waals surface area contributed by atoms with Gasteiger partial charge in [-0.3, -0.25) is 14.2 Å². The van der Waals surface area contributed by atoms with E-state index in [2.05, 4.69) is 34.6 Å². The van der Waals surface area contributed by atoms with Gasteiger partial charge in [-0.25, -0.2) is 4.98 Å². The molecule has 33 heavy (non-hydrogen) atoms. The summed E-state index contributed by atoms with van der Waals surface area (Å²) in [6, 6.07) is 29.9. The van der Waals surface area contributed by atoms with Gasteiger partial charge in [-0.1, -0.05) is 90.5 Å². The van der Waals surface area contributed by atoms with Gasteiger partial charge >= 0.3 is 0 Å². The minimum absolute atomic E-state index is 0.0542. The Morgan fingerprint density at radius 3 is 2.09 bits per heavy atom. The van der Waals surface area contributed by atoms with Gasteiger partial charge < -0.3 is 5.32 Å². The molecule has 0 saturated carbocycles. The maximum absolute atomic E-state index is 12.5. The molecular formula is C28H27N3O2. The molecule has 3 aromatic carbocycles. The predicted molar refractivity (Wildman–Crippen MR) is 131 cm³/mol. The number of amides is 1. The first-order valence-electron chi connectivity index (χ1n) is 11.1. The first-order valence-corrected chi connectivity index (χ1v) is 11.1. The van der Waals surface area contributed by atoms with E-state index in [4.69, 9.17) is 0 Å². The molecule has 0 saturated heterocycles. The average molecular weight is 438 g/mol. The van der Waals surface area contributed by atoms with Crippen LogP contribution < -0.4 is 10.9 Å². The zero-order chi connectivity index (χ0) is 23.0. The first-order chi connectivity index (χ1) is 16.1. The number of hydrogen-bond donors (Lipinski definition) is 1. The van der Waals surface area contributed by atoms with Crippen LogP contribution in [0, 0.1) is 6.92 Å². The number of aromatic nitrogens is 2. The van der Waals surface area contributed by atoms with Crippen molar-refractivity contribution in [1.29, 1.82) is 0 Å². The molecule has 1 N–H and O–H groups in total. The van der Waals surface area contributed by atoms with E-state index in [9.17, 15) is 9.59 Å². The Morgan fingerprint density at radius 1 is 0.909 bits per heavy atom. The van der Waals surface area contributed by atoms with Crippen LogP contribution in [0.2, 0.25) is 0 Å². The predicted octanol–water partition coefficient (Wildman–Crippen LogP) is 4.56. The number of benzene rings is 3. The number of nitrogens with zero attached hydrogens (tertiary/aromatic N) is 2. The van der Waals surface area contributed by atoms with Crippen LogP contribution in [0.1, 0.15) is 29.0 Å². The summed E-state index contributed by atoms with van der Waals surface area (Å²) in [5, 5.41) is 2.95. The molecule has 0 aliphatic heterocycles. The van der Waals surface area contributed by atoms with Crippen molar-refractivity contribution in [3.8, 4) is 11.3 Å². The summed E-state index contributed by atoms with van der Waals surface area (Å²) in [6.07, 6.45) is 2.20. The zero-order valence-electron chi connectivity index (χ0n) is 18.6. The van der Waals surface area contributed by atoms with Crippen LogP contribution in [0.5, 0.6) is 0 Å². The Labute approximate surface area is 193 Å². The van der Waals surface area contributed by atoms with E-state index in [-0.39, 0.29) is 23.9 Å². The van der Waals surface area contributed by atoms with Gasteiger partial charge in [-0.2, -0.15) is 0 Å². The van der Waals surface area contributed by atoms with E-state index in [0.29, 0.717) is 12.2 Å². The lowest BCUT2D eigenvalue weighted by atomic mass is 9.88. The van der Waals surface area contributed by atoms with Gasteiger partial charge in [0.25, 0.3) is 5.56 Å². The fourth-order valence-electron chi connectivity index (χ4n) is 3.89. The molecule has 0 aliphatic rings. The third kappa shape index (κ3) is 5.83. The Morgan fingerprint density at radius 2 is 1.52 bits per heavy atom. The van der Waals surface area contributed by atoms with E-state index < -0.39 is 0 Å². The molecule has 0 spiro atoms. The Hall–Kier alpha value is -3.99. The molecule has 4 aromatic rings. The molecule has 5 heteroatoms. The van der Waals surface area contributed by atoms with Crippen LogP contribution in [0.4, 0.5) is 0 Å². The van der Waals surface area contributed by atoms with Gasteiger partial charge in [0.15, 0.2) is 0 Å². The molecule has 0 unspecified atom stereocenters. The summed E-state index contributed by atoms with van der Waals surface area (Å²) in [5.41, 5.74) is 4.80. The highest BCUT2D eigenvalue weighted by Gasteiger charge is 2.14. The van der Waals surface area contributed by atoms with Gasteiger partial charge in [0.1, 0.15) is 6.54 Å². The second kappa shape index (κ2) is 10.6. The number of carbonyl (C=O) groups excluding carboxylic acids is 1. The van der Waals surface area contributed by atoms with Crippen molar-refractivity contribution in [1.82, 2.24) is 14.9 Å². The third-order valence-corrected chi connectivity index (χ3v) is 5.70. The second-order valence-corrected chi connectivity index (χ2v) is 8.12. The molecule has 0 atom stereocenters. The molecule has 166 valence electrons. The average Bonchev–Trinajstić information content (AvgIpc) is 2.85. The van der Waals surface area contributed by atoms with Crippen molar-refractivity contribution in [3.63, 3.8) is 0 Å². The smallest absolute Gasteiger partial charge is 0.254 e. The Kier molecular flexibility index (Phi) is 7.10. The maximum Gasteiger partial charge on any atom is 0.254 e. The molecule has 0 aliphatic carbocycles. The highest BCUT2D eigenvalue weighted by Crippen LogP contribution is 2.27. The van der Waals surface area contributed by atoms with Crippen molar-refractivity contribution in [2.45, 2.75) is 25.8 Å². The van der Waals surface area contributed by atoms with Gasteiger partial charge in [0, 0.05) is 24.1 Å². The van der Waals surface area contributed by atoms with E-state index in [0.717, 1.165) is 17.5 Å². The van der Waals surface area contributed by atoms with Crippen molar-refractivity contribution in [2.24, 2.45) is 0 Å². The molecule has 1 heterocycles. The third-order valence-electron chi connectivity index (χ3n) is 5.70. The van der Waals surface area contributed by atoms with Crippen LogP contribution in [0.15, 0.2) is 102 Å². The molecule has 0 fully saturated rings. The van der Waals surface area contributed by atoms with Crippen LogP contribution in [0.25, 0.3) is 11.3 Å². The topological polar surface area (TPSA) is 64.0 Å². The Balaban J connectivity index is 1.37. The van der Waals surface area contributed by atoms with Gasteiger partial charge in [0.05, 0.1) is 12.0 Å². The number of carbonyl (C=O) groups is 1. The number of hydrogen-bond acceptors (Lipinski definition) is 3. The summed E-state index contributed by atoms with van der Waals surface area (Å²) in [5.74, 6) is -0.0206. The quantitative estimate of drug-likeness (QED) is 0.440. The molecule has 0 radical (unpaired) electrons. The van der Waals surface area contributed by atoms with Crippen LogP contribution in [-0.2, 0) is 11.3 Å². The van der Waals surface area contributed by atoms with Crippen molar-refractivity contribution >= 4 is 5.91 Å². The normalized spacial score (nSPS) is 10.8. The summed E-state index contributed by atoms with van der Waals surface area (Å²) in [4.78, 5) is 29.4. The van der Waals surface area contributed by atoms with Crippen LogP contribution >= 0.6 is 0 Å². The lowest BCUT2D eigenvalue weighted by Gasteiger charge is -2.18. The summed E-state index contributed by atoms with van der Waals surface area (Å²) >= 11 is 0. The number of nitrogens with one attached hydrogen (secondary N) is 1. The standard InChI is InChI=1S/C28H27N3O2/c1-21-12-14-24(15-13-21)26-18-28(33)31(20-30-26)19-27(32)29-17-16-25(22-8-4-2-5-9-22)23-10-6-3-7-11-23/h2-15,18,20,25H,16-17,19H2,1H3,(H,29,32). The van der Waals surface area contributed by atoms with Crippen LogP contribution in [-0.4, -0.2) is 22.0 Å². The molecule has 1 aromatic heterocycles. The zero-order valence-corrected chi connectivity index (χ0v) is 18.6. The second-order valence-electron chi connectivity index (χ2n) is 8.12.